The Bertz CT molecular complexity index is 908. The summed E-state index contributed by atoms with van der Waals surface area (Å²) in [7, 11) is 0. The van der Waals surface area contributed by atoms with E-state index in [4.69, 9.17) is 9.47 Å². The second-order valence-corrected chi connectivity index (χ2v) is 7.61. The van der Waals surface area contributed by atoms with Gasteiger partial charge in [0, 0.05) is 30.0 Å². The van der Waals surface area contributed by atoms with Crippen LogP contribution in [0.3, 0.4) is 0 Å². The molecule has 3 rings (SSSR count). The Morgan fingerprint density at radius 1 is 1.00 bits per heavy atom. The second-order valence-electron chi connectivity index (χ2n) is 7.61. The number of amides is 2. The summed E-state index contributed by atoms with van der Waals surface area (Å²) in [6.07, 6.45) is 1.21. The lowest BCUT2D eigenvalue weighted by Gasteiger charge is -2.30. The van der Waals surface area contributed by atoms with E-state index in [0.717, 1.165) is 11.4 Å². The molecule has 0 radical (unpaired) electrons. The molecular formula is C23H29N3O5. The summed E-state index contributed by atoms with van der Waals surface area (Å²) in [4.78, 5) is 38.4. The predicted molar refractivity (Wildman–Crippen MR) is 115 cm³/mol. The first-order valence-corrected chi connectivity index (χ1v) is 10.5. The topological polar surface area (TPSA) is 89.9 Å². The maximum Gasteiger partial charge on any atom is 0.309 e. The van der Waals surface area contributed by atoms with Gasteiger partial charge in [0.1, 0.15) is 5.75 Å². The molecule has 2 heterocycles. The molecule has 2 aromatic rings. The number of hydrogen-bond acceptors (Lipinski definition) is 5. The minimum Gasteiger partial charge on any atom is -0.484 e. The summed E-state index contributed by atoms with van der Waals surface area (Å²) in [6, 6.07) is 10.5. The van der Waals surface area contributed by atoms with Crippen LogP contribution in [0.2, 0.25) is 0 Å². The van der Waals surface area contributed by atoms with E-state index < -0.39 is 0 Å². The maximum absolute atomic E-state index is 12.4. The van der Waals surface area contributed by atoms with Crippen LogP contribution in [0.4, 0.5) is 0 Å². The number of likely N-dealkylation sites (tertiary alicyclic amines) is 1. The van der Waals surface area contributed by atoms with Crippen molar-refractivity contribution < 1.29 is 23.9 Å². The zero-order chi connectivity index (χ0) is 22.4. The monoisotopic (exact) mass is 427 g/mol. The highest BCUT2D eigenvalue weighted by atomic mass is 16.5. The third-order valence-electron chi connectivity index (χ3n) is 5.43. The van der Waals surface area contributed by atoms with Crippen LogP contribution in [0.1, 0.15) is 41.5 Å². The number of piperidine rings is 1. The lowest BCUT2D eigenvalue weighted by Crippen LogP contribution is -2.42. The van der Waals surface area contributed by atoms with Crippen molar-refractivity contribution in [2.45, 2.75) is 33.6 Å². The van der Waals surface area contributed by atoms with Crippen molar-refractivity contribution in [2.75, 3.05) is 31.7 Å². The Balaban J connectivity index is 1.46. The Morgan fingerprint density at radius 2 is 1.61 bits per heavy atom. The first kappa shape index (κ1) is 22.4. The fourth-order valence-electron chi connectivity index (χ4n) is 3.57. The number of aryl methyl sites for hydroxylation is 2. The summed E-state index contributed by atoms with van der Waals surface area (Å²) in [5.41, 5.74) is 5.22. The SMILES string of the molecule is CCOC(=O)C1CCN(C(=O)COc2ccc(C(=O)Nn3c(C)ccc3C)cc2)CC1. The molecule has 0 saturated carbocycles. The molecule has 1 aliphatic heterocycles. The molecule has 8 nitrogen and oxygen atoms in total. The number of benzene rings is 1. The molecule has 1 aromatic heterocycles. The third-order valence-corrected chi connectivity index (χ3v) is 5.43. The zero-order valence-corrected chi connectivity index (χ0v) is 18.2. The second kappa shape index (κ2) is 10.1. The molecule has 0 bridgehead atoms. The Hall–Kier alpha value is -3.29. The molecule has 1 N–H and O–H groups in total. The van der Waals surface area contributed by atoms with Gasteiger partial charge in [-0.3, -0.25) is 24.5 Å². The molecule has 0 unspecified atom stereocenters. The molecule has 2 amide bonds. The van der Waals surface area contributed by atoms with Gasteiger partial charge in [-0.05, 0) is 70.0 Å². The van der Waals surface area contributed by atoms with Crippen LogP contribution in [0, 0.1) is 19.8 Å². The molecule has 1 fully saturated rings. The summed E-state index contributed by atoms with van der Waals surface area (Å²) in [5, 5.41) is 0. The lowest BCUT2D eigenvalue weighted by molar-refractivity contribution is -0.151. The fraction of sp³-hybridized carbons (Fsp3) is 0.435. The number of hydrogen-bond donors (Lipinski definition) is 1. The largest absolute Gasteiger partial charge is 0.484 e. The number of aromatic nitrogens is 1. The summed E-state index contributed by atoms with van der Waals surface area (Å²) < 4.78 is 12.4. The summed E-state index contributed by atoms with van der Waals surface area (Å²) in [6.45, 7) is 6.94. The van der Waals surface area contributed by atoms with Crippen LogP contribution in [0.5, 0.6) is 5.75 Å². The molecule has 1 aliphatic rings. The van der Waals surface area contributed by atoms with E-state index in [1.807, 2.05) is 26.0 Å². The van der Waals surface area contributed by atoms with Gasteiger partial charge in [0.25, 0.3) is 11.8 Å². The van der Waals surface area contributed by atoms with Crippen molar-refractivity contribution in [3.63, 3.8) is 0 Å². The normalized spacial score (nSPS) is 14.2. The van der Waals surface area contributed by atoms with Gasteiger partial charge in [-0.25, -0.2) is 0 Å². The van der Waals surface area contributed by atoms with E-state index in [1.54, 1.807) is 40.8 Å². The first-order chi connectivity index (χ1) is 14.9. The average Bonchev–Trinajstić information content (AvgIpc) is 3.10. The number of nitrogens with one attached hydrogen (secondary N) is 1. The molecule has 0 aliphatic carbocycles. The minimum absolute atomic E-state index is 0.0859. The molecule has 166 valence electrons. The standard InChI is InChI=1S/C23H29N3O5/c1-4-30-23(29)19-11-13-25(14-12-19)21(27)15-31-20-9-7-18(8-10-20)22(28)24-26-16(2)5-6-17(26)3/h5-10,19H,4,11-15H2,1-3H3,(H,24,28). The third kappa shape index (κ3) is 5.65. The molecular weight excluding hydrogens is 398 g/mol. The van der Waals surface area contributed by atoms with Crippen LogP contribution < -0.4 is 10.2 Å². The van der Waals surface area contributed by atoms with Crippen molar-refractivity contribution in [3.05, 3.63) is 53.3 Å². The van der Waals surface area contributed by atoms with Crippen molar-refractivity contribution in [2.24, 2.45) is 5.92 Å². The predicted octanol–water partition coefficient (Wildman–Crippen LogP) is 2.67. The quantitative estimate of drug-likeness (QED) is 0.686. The number of ether oxygens (including phenoxy) is 2. The average molecular weight is 428 g/mol. The fourth-order valence-corrected chi connectivity index (χ4v) is 3.57. The van der Waals surface area contributed by atoms with Gasteiger partial charge in [-0.1, -0.05) is 0 Å². The van der Waals surface area contributed by atoms with E-state index in [-0.39, 0.29) is 30.3 Å². The van der Waals surface area contributed by atoms with Gasteiger partial charge in [0.05, 0.1) is 12.5 Å². The first-order valence-electron chi connectivity index (χ1n) is 10.5. The van der Waals surface area contributed by atoms with Crippen LogP contribution in [-0.2, 0) is 14.3 Å². The van der Waals surface area contributed by atoms with Crippen molar-refractivity contribution >= 4 is 17.8 Å². The summed E-state index contributed by atoms with van der Waals surface area (Å²) >= 11 is 0. The van der Waals surface area contributed by atoms with Crippen LogP contribution in [-0.4, -0.2) is 53.7 Å². The van der Waals surface area contributed by atoms with E-state index in [9.17, 15) is 14.4 Å². The van der Waals surface area contributed by atoms with Crippen LogP contribution in [0.15, 0.2) is 36.4 Å². The van der Waals surface area contributed by atoms with E-state index in [1.165, 1.54) is 0 Å². The maximum atomic E-state index is 12.4. The van der Waals surface area contributed by atoms with Gasteiger partial charge in [0.15, 0.2) is 6.61 Å². The molecule has 8 heteroatoms. The Morgan fingerprint density at radius 3 is 2.19 bits per heavy atom. The van der Waals surface area contributed by atoms with Crippen LogP contribution >= 0.6 is 0 Å². The van der Waals surface area contributed by atoms with Gasteiger partial charge >= 0.3 is 5.97 Å². The highest BCUT2D eigenvalue weighted by Crippen LogP contribution is 2.19. The molecule has 31 heavy (non-hydrogen) atoms. The van der Waals surface area contributed by atoms with Crippen LogP contribution in [0.25, 0.3) is 0 Å². The number of nitrogens with zero attached hydrogens (tertiary/aromatic N) is 2. The summed E-state index contributed by atoms with van der Waals surface area (Å²) in [5.74, 6) is -0.156. The van der Waals surface area contributed by atoms with Crippen molar-refractivity contribution in [3.8, 4) is 5.75 Å². The van der Waals surface area contributed by atoms with E-state index >= 15 is 0 Å². The number of rotatable bonds is 7. The molecule has 1 saturated heterocycles. The molecule has 0 spiro atoms. The lowest BCUT2D eigenvalue weighted by atomic mass is 9.97. The highest BCUT2D eigenvalue weighted by Gasteiger charge is 2.28. The van der Waals surface area contributed by atoms with Crippen molar-refractivity contribution in [1.29, 1.82) is 0 Å². The van der Waals surface area contributed by atoms with Crippen molar-refractivity contribution in [1.82, 2.24) is 9.58 Å². The van der Waals surface area contributed by atoms with Gasteiger partial charge < -0.3 is 14.4 Å². The van der Waals surface area contributed by atoms with E-state index in [2.05, 4.69) is 5.43 Å². The number of esters is 1. The number of carbonyl (C=O) groups excluding carboxylic acids is 3. The van der Waals surface area contributed by atoms with Gasteiger partial charge in [0.2, 0.25) is 0 Å². The van der Waals surface area contributed by atoms with Gasteiger partial charge in [-0.15, -0.1) is 0 Å². The Kier molecular flexibility index (Phi) is 7.33. The molecule has 0 atom stereocenters. The minimum atomic E-state index is -0.227. The number of carbonyl (C=O) groups is 3. The van der Waals surface area contributed by atoms with Gasteiger partial charge in [-0.2, -0.15) is 0 Å². The Labute approximate surface area is 182 Å². The van der Waals surface area contributed by atoms with E-state index in [0.29, 0.717) is 43.9 Å². The smallest absolute Gasteiger partial charge is 0.309 e. The zero-order valence-electron chi connectivity index (χ0n) is 18.2. The molecule has 1 aromatic carbocycles. The highest BCUT2D eigenvalue weighted by molar-refractivity contribution is 6.00.